The minimum absolute atomic E-state index is 0.113. The van der Waals surface area contributed by atoms with E-state index in [9.17, 15) is 4.79 Å². The van der Waals surface area contributed by atoms with Crippen molar-refractivity contribution < 1.29 is 14.3 Å². The number of carbonyl (C=O) groups excluding carboxylic acids is 1. The van der Waals surface area contributed by atoms with Crippen LogP contribution in [0.1, 0.15) is 24.8 Å². The van der Waals surface area contributed by atoms with Crippen molar-refractivity contribution in [2.75, 3.05) is 26.8 Å². The number of hydrogen-bond acceptors (Lipinski definition) is 5. The van der Waals surface area contributed by atoms with Gasteiger partial charge in [0.15, 0.2) is 5.72 Å². The molecule has 3 aliphatic rings. The van der Waals surface area contributed by atoms with Gasteiger partial charge in [-0.2, -0.15) is 5.10 Å². The molecule has 4 heterocycles. The minimum Gasteiger partial charge on any atom is -0.497 e. The van der Waals surface area contributed by atoms with Crippen molar-refractivity contribution >= 4 is 5.91 Å². The lowest BCUT2D eigenvalue weighted by Gasteiger charge is -2.42. The molecule has 0 bridgehead atoms. The van der Waals surface area contributed by atoms with Gasteiger partial charge in [-0.3, -0.25) is 9.69 Å². The van der Waals surface area contributed by atoms with E-state index in [1.807, 2.05) is 34.0 Å². The maximum atomic E-state index is 12.6. The molecule has 0 aliphatic carbocycles. The Kier molecular flexibility index (Phi) is 3.94. The average Bonchev–Trinajstić information content (AvgIpc) is 3.39. The van der Waals surface area contributed by atoms with Gasteiger partial charge >= 0.3 is 0 Å². The second-order valence-electron chi connectivity index (χ2n) is 7.48. The smallest absolute Gasteiger partial charge is 0.226 e. The molecule has 0 radical (unpaired) electrons. The molecule has 2 aromatic rings. The summed E-state index contributed by atoms with van der Waals surface area (Å²) in [5, 5.41) is 4.39. The fourth-order valence-corrected chi connectivity index (χ4v) is 4.89. The standard InChI is InChI=1S/C20H24N4O3/c1-26-16-4-5-17(24-9-2-7-21-24)15(12-16)14-22-10-6-20-18(22)13-19(25)23(20)8-3-11-27-20/h2,4-5,7,9,12,18H,3,6,8,10-11,13-14H2,1H3/t18-,20+/m1/s1. The van der Waals surface area contributed by atoms with Crippen LogP contribution in [0.4, 0.5) is 0 Å². The van der Waals surface area contributed by atoms with Crippen molar-refractivity contribution in [2.45, 2.75) is 37.6 Å². The molecular formula is C20H24N4O3. The molecule has 1 aromatic heterocycles. The maximum Gasteiger partial charge on any atom is 0.226 e. The topological polar surface area (TPSA) is 59.8 Å². The zero-order valence-corrected chi connectivity index (χ0v) is 15.5. The fourth-order valence-electron chi connectivity index (χ4n) is 4.89. The zero-order chi connectivity index (χ0) is 18.4. The highest BCUT2D eigenvalue weighted by Crippen LogP contribution is 2.45. The third-order valence-electron chi connectivity index (χ3n) is 6.13. The number of amides is 1. The first kappa shape index (κ1) is 16.8. The molecule has 0 saturated carbocycles. The number of methoxy groups -OCH3 is 1. The Labute approximate surface area is 158 Å². The van der Waals surface area contributed by atoms with Crippen LogP contribution < -0.4 is 4.74 Å². The van der Waals surface area contributed by atoms with Gasteiger partial charge in [-0.1, -0.05) is 0 Å². The molecular weight excluding hydrogens is 344 g/mol. The third kappa shape index (κ3) is 2.56. The number of hydrogen-bond donors (Lipinski definition) is 0. The first-order valence-electron chi connectivity index (χ1n) is 9.57. The number of rotatable bonds is 4. The normalized spacial score (nSPS) is 27.7. The van der Waals surface area contributed by atoms with Crippen molar-refractivity contribution in [2.24, 2.45) is 0 Å². The summed E-state index contributed by atoms with van der Waals surface area (Å²) in [4.78, 5) is 16.9. The van der Waals surface area contributed by atoms with Crippen LogP contribution in [0.5, 0.6) is 5.75 Å². The molecule has 1 spiro atoms. The van der Waals surface area contributed by atoms with E-state index >= 15 is 0 Å². The van der Waals surface area contributed by atoms with Gasteiger partial charge in [-0.15, -0.1) is 0 Å². The average molecular weight is 368 g/mol. The minimum atomic E-state index is -0.417. The first-order chi connectivity index (χ1) is 13.2. The van der Waals surface area contributed by atoms with E-state index in [0.29, 0.717) is 6.42 Å². The Balaban J connectivity index is 1.47. The Morgan fingerprint density at radius 2 is 2.30 bits per heavy atom. The third-order valence-corrected chi connectivity index (χ3v) is 6.13. The lowest BCUT2D eigenvalue weighted by molar-refractivity contribution is -0.180. The largest absolute Gasteiger partial charge is 0.497 e. The fraction of sp³-hybridized carbons (Fsp3) is 0.500. The molecule has 2 atom stereocenters. The van der Waals surface area contributed by atoms with Gasteiger partial charge in [0.25, 0.3) is 0 Å². The van der Waals surface area contributed by atoms with Gasteiger partial charge in [0.05, 0.1) is 25.4 Å². The van der Waals surface area contributed by atoms with Crippen molar-refractivity contribution in [3.05, 3.63) is 42.2 Å². The van der Waals surface area contributed by atoms with Crippen LogP contribution in [0.2, 0.25) is 0 Å². The van der Waals surface area contributed by atoms with Gasteiger partial charge in [0.1, 0.15) is 5.75 Å². The van der Waals surface area contributed by atoms with Crippen LogP contribution in [-0.2, 0) is 16.1 Å². The van der Waals surface area contributed by atoms with Crippen LogP contribution in [0, 0.1) is 0 Å². The summed E-state index contributed by atoms with van der Waals surface area (Å²) in [5.41, 5.74) is 1.75. The molecule has 3 saturated heterocycles. The lowest BCUT2D eigenvalue weighted by atomic mass is 10.0. The molecule has 1 amide bonds. The van der Waals surface area contributed by atoms with Gasteiger partial charge in [-0.05, 0) is 36.2 Å². The van der Waals surface area contributed by atoms with E-state index in [1.54, 1.807) is 13.3 Å². The second kappa shape index (κ2) is 6.35. The number of ether oxygens (including phenoxy) is 2. The molecule has 0 unspecified atom stereocenters. The summed E-state index contributed by atoms with van der Waals surface area (Å²) in [7, 11) is 1.68. The van der Waals surface area contributed by atoms with Gasteiger partial charge in [-0.25, -0.2) is 4.68 Å². The number of likely N-dealkylation sites (tertiary alicyclic amines) is 1. The SMILES string of the molecule is COc1ccc(-n2cccn2)c(CN2CC[C@@]34OCCCN3C(=O)C[C@@H]24)c1. The molecule has 0 N–H and O–H groups in total. The summed E-state index contributed by atoms with van der Waals surface area (Å²) >= 11 is 0. The number of benzene rings is 1. The first-order valence-corrected chi connectivity index (χ1v) is 9.57. The molecule has 1 aromatic carbocycles. The van der Waals surface area contributed by atoms with Crippen molar-refractivity contribution in [3.63, 3.8) is 0 Å². The van der Waals surface area contributed by atoms with E-state index in [0.717, 1.165) is 56.1 Å². The van der Waals surface area contributed by atoms with E-state index in [4.69, 9.17) is 9.47 Å². The number of nitrogens with zero attached hydrogens (tertiary/aromatic N) is 4. The molecule has 7 nitrogen and oxygen atoms in total. The predicted molar refractivity (Wildman–Crippen MR) is 98.6 cm³/mol. The highest BCUT2D eigenvalue weighted by Gasteiger charge is 2.60. The Morgan fingerprint density at radius 3 is 3.11 bits per heavy atom. The highest BCUT2D eigenvalue weighted by atomic mass is 16.5. The monoisotopic (exact) mass is 368 g/mol. The van der Waals surface area contributed by atoms with Crippen LogP contribution in [-0.4, -0.2) is 64.1 Å². The molecule has 7 heteroatoms. The Hall–Kier alpha value is -2.38. The van der Waals surface area contributed by atoms with E-state index in [2.05, 4.69) is 16.1 Å². The van der Waals surface area contributed by atoms with Gasteiger partial charge in [0, 0.05) is 44.9 Å². The van der Waals surface area contributed by atoms with Crippen molar-refractivity contribution in [1.29, 1.82) is 0 Å². The Bertz CT molecular complexity index is 853. The highest BCUT2D eigenvalue weighted by molar-refractivity contribution is 5.81. The van der Waals surface area contributed by atoms with E-state index in [1.165, 1.54) is 0 Å². The molecule has 5 rings (SSSR count). The van der Waals surface area contributed by atoms with Crippen molar-refractivity contribution in [3.8, 4) is 11.4 Å². The van der Waals surface area contributed by atoms with Crippen LogP contribution >= 0.6 is 0 Å². The van der Waals surface area contributed by atoms with E-state index in [-0.39, 0.29) is 11.9 Å². The van der Waals surface area contributed by atoms with Crippen molar-refractivity contribution in [1.82, 2.24) is 19.6 Å². The summed E-state index contributed by atoms with van der Waals surface area (Å²) in [5.74, 6) is 1.05. The van der Waals surface area contributed by atoms with Gasteiger partial charge in [0.2, 0.25) is 5.91 Å². The molecule has 3 aliphatic heterocycles. The maximum absolute atomic E-state index is 12.6. The summed E-state index contributed by atoms with van der Waals surface area (Å²) in [6.45, 7) is 3.22. The zero-order valence-electron chi connectivity index (χ0n) is 15.5. The number of aromatic nitrogens is 2. The summed E-state index contributed by atoms with van der Waals surface area (Å²) < 4.78 is 13.5. The molecule has 27 heavy (non-hydrogen) atoms. The van der Waals surface area contributed by atoms with Crippen LogP contribution in [0.25, 0.3) is 5.69 Å². The summed E-state index contributed by atoms with van der Waals surface area (Å²) in [6.07, 6.45) is 6.08. The van der Waals surface area contributed by atoms with E-state index < -0.39 is 5.72 Å². The second-order valence-corrected chi connectivity index (χ2v) is 7.48. The van der Waals surface area contributed by atoms with Crippen LogP contribution in [0.15, 0.2) is 36.7 Å². The lowest BCUT2D eigenvalue weighted by Crippen LogP contribution is -2.56. The number of carbonyl (C=O) groups is 1. The molecule has 142 valence electrons. The molecule has 3 fully saturated rings. The quantitative estimate of drug-likeness (QED) is 0.824. The summed E-state index contributed by atoms with van der Waals surface area (Å²) in [6, 6.07) is 8.09. The predicted octanol–water partition coefficient (Wildman–Crippen LogP) is 1.80. The van der Waals surface area contributed by atoms with Gasteiger partial charge < -0.3 is 14.4 Å². The Morgan fingerprint density at radius 1 is 1.37 bits per heavy atom. The van der Waals surface area contributed by atoms with Crippen LogP contribution in [0.3, 0.4) is 0 Å².